The number of benzene rings is 1. The summed E-state index contributed by atoms with van der Waals surface area (Å²) in [5.41, 5.74) is 6.10. The molecule has 0 bridgehead atoms. The Hall–Kier alpha value is -1.37. The highest BCUT2D eigenvalue weighted by atomic mass is 35.5. The molecule has 0 heterocycles. The number of carbonyl (C=O) groups excluding carboxylic acids is 1. The van der Waals surface area contributed by atoms with Crippen LogP contribution in [-0.2, 0) is 11.2 Å². The van der Waals surface area contributed by atoms with Gasteiger partial charge in [-0.1, -0.05) is 17.7 Å². The van der Waals surface area contributed by atoms with Crippen molar-refractivity contribution in [2.24, 2.45) is 5.73 Å². The van der Waals surface area contributed by atoms with Crippen molar-refractivity contribution < 1.29 is 9.18 Å². The molecule has 4 heteroatoms. The standard InChI is InChI=1S/C12H11ClFNO/c1-2-3-11(15)12(16)6-8-4-5-9(14)7-10(8)13/h1,4-5,7,11H,3,6,15H2. The molecule has 0 saturated heterocycles. The van der Waals surface area contributed by atoms with E-state index in [9.17, 15) is 9.18 Å². The van der Waals surface area contributed by atoms with Crippen LogP contribution in [0.5, 0.6) is 0 Å². The van der Waals surface area contributed by atoms with E-state index < -0.39 is 11.9 Å². The van der Waals surface area contributed by atoms with Gasteiger partial charge in [0.1, 0.15) is 5.82 Å². The Morgan fingerprint density at radius 1 is 1.62 bits per heavy atom. The lowest BCUT2D eigenvalue weighted by Gasteiger charge is -2.08. The van der Waals surface area contributed by atoms with Gasteiger partial charge in [-0.25, -0.2) is 4.39 Å². The van der Waals surface area contributed by atoms with Gasteiger partial charge in [0.15, 0.2) is 5.78 Å². The number of halogens is 2. The quantitative estimate of drug-likeness (QED) is 0.816. The molecule has 1 atom stereocenters. The second-order valence-electron chi connectivity index (χ2n) is 3.39. The average molecular weight is 240 g/mol. The molecule has 0 amide bonds. The number of nitrogens with two attached hydrogens (primary N) is 1. The number of ketones is 1. The van der Waals surface area contributed by atoms with Gasteiger partial charge in [0.25, 0.3) is 0 Å². The summed E-state index contributed by atoms with van der Waals surface area (Å²) in [7, 11) is 0. The lowest BCUT2D eigenvalue weighted by molar-refractivity contribution is -0.119. The molecule has 2 nitrogen and oxygen atoms in total. The maximum atomic E-state index is 12.7. The van der Waals surface area contributed by atoms with E-state index in [1.165, 1.54) is 12.1 Å². The molecule has 0 fully saturated rings. The van der Waals surface area contributed by atoms with Crippen LogP contribution < -0.4 is 5.73 Å². The highest BCUT2D eigenvalue weighted by Gasteiger charge is 2.14. The van der Waals surface area contributed by atoms with E-state index in [2.05, 4.69) is 5.92 Å². The van der Waals surface area contributed by atoms with E-state index in [1.54, 1.807) is 0 Å². The number of hydrogen-bond acceptors (Lipinski definition) is 2. The lowest BCUT2D eigenvalue weighted by Crippen LogP contribution is -2.31. The van der Waals surface area contributed by atoms with Crippen molar-refractivity contribution in [1.29, 1.82) is 0 Å². The molecule has 1 aromatic carbocycles. The van der Waals surface area contributed by atoms with E-state index in [0.29, 0.717) is 5.56 Å². The highest BCUT2D eigenvalue weighted by molar-refractivity contribution is 6.31. The molecule has 0 radical (unpaired) electrons. The third-order valence-electron chi connectivity index (χ3n) is 2.13. The van der Waals surface area contributed by atoms with Gasteiger partial charge < -0.3 is 5.73 Å². The summed E-state index contributed by atoms with van der Waals surface area (Å²) in [6.45, 7) is 0. The number of rotatable bonds is 4. The van der Waals surface area contributed by atoms with Crippen molar-refractivity contribution >= 4 is 17.4 Å². The maximum Gasteiger partial charge on any atom is 0.154 e. The SMILES string of the molecule is C#CCC(N)C(=O)Cc1ccc(F)cc1Cl. The molecule has 2 N–H and O–H groups in total. The second-order valence-corrected chi connectivity index (χ2v) is 3.80. The largest absolute Gasteiger partial charge is 0.321 e. The summed E-state index contributed by atoms with van der Waals surface area (Å²) in [6.07, 6.45) is 5.32. The normalized spacial score (nSPS) is 11.9. The Morgan fingerprint density at radius 3 is 2.88 bits per heavy atom. The number of carbonyl (C=O) groups is 1. The first kappa shape index (κ1) is 12.7. The first-order valence-electron chi connectivity index (χ1n) is 4.70. The molecule has 1 unspecified atom stereocenters. The van der Waals surface area contributed by atoms with Crippen LogP contribution in [0.4, 0.5) is 4.39 Å². The van der Waals surface area contributed by atoms with Gasteiger partial charge in [-0.3, -0.25) is 4.79 Å². The van der Waals surface area contributed by atoms with Crippen LogP contribution in [0.25, 0.3) is 0 Å². The third-order valence-corrected chi connectivity index (χ3v) is 2.48. The topological polar surface area (TPSA) is 43.1 Å². The Kier molecular flexibility index (Phi) is 4.48. The summed E-state index contributed by atoms with van der Waals surface area (Å²) >= 11 is 5.78. The van der Waals surface area contributed by atoms with Crippen LogP contribution in [0.1, 0.15) is 12.0 Å². The molecule has 0 aliphatic carbocycles. The van der Waals surface area contributed by atoms with Gasteiger partial charge in [0, 0.05) is 17.9 Å². The minimum Gasteiger partial charge on any atom is -0.321 e. The van der Waals surface area contributed by atoms with E-state index >= 15 is 0 Å². The Bertz CT molecular complexity index is 439. The van der Waals surface area contributed by atoms with E-state index in [4.69, 9.17) is 23.8 Å². The minimum absolute atomic E-state index is 0.0714. The minimum atomic E-state index is -0.689. The van der Waals surface area contributed by atoms with Crippen molar-refractivity contribution in [3.63, 3.8) is 0 Å². The summed E-state index contributed by atoms with van der Waals surface area (Å²) < 4.78 is 12.7. The molecule has 0 aromatic heterocycles. The molecule has 84 valence electrons. The van der Waals surface area contributed by atoms with Crippen molar-refractivity contribution in [2.75, 3.05) is 0 Å². The predicted molar refractivity (Wildman–Crippen MR) is 61.5 cm³/mol. The van der Waals surface area contributed by atoms with Gasteiger partial charge in [0.05, 0.1) is 6.04 Å². The van der Waals surface area contributed by atoms with Crippen LogP contribution >= 0.6 is 11.6 Å². The van der Waals surface area contributed by atoms with Gasteiger partial charge in [-0.15, -0.1) is 12.3 Å². The van der Waals surface area contributed by atoms with Gasteiger partial charge in [-0.05, 0) is 17.7 Å². The molecule has 0 saturated carbocycles. The first-order valence-corrected chi connectivity index (χ1v) is 5.08. The zero-order valence-corrected chi connectivity index (χ0v) is 9.30. The molecule has 1 rings (SSSR count). The molecule has 0 aliphatic heterocycles. The Labute approximate surface area is 98.6 Å². The van der Waals surface area contributed by atoms with E-state index in [0.717, 1.165) is 6.07 Å². The lowest BCUT2D eigenvalue weighted by atomic mass is 10.0. The number of terminal acetylenes is 1. The fourth-order valence-corrected chi connectivity index (χ4v) is 1.46. The first-order chi connectivity index (χ1) is 7.54. The van der Waals surface area contributed by atoms with Crippen LogP contribution in [0.2, 0.25) is 5.02 Å². The van der Waals surface area contributed by atoms with Crippen molar-refractivity contribution in [1.82, 2.24) is 0 Å². The monoisotopic (exact) mass is 239 g/mol. The van der Waals surface area contributed by atoms with Crippen LogP contribution in [-0.4, -0.2) is 11.8 Å². The maximum absolute atomic E-state index is 12.7. The molecule has 0 aliphatic rings. The predicted octanol–water partition coefficient (Wildman–Crippen LogP) is 1.94. The van der Waals surface area contributed by atoms with Crippen molar-refractivity contribution in [3.8, 4) is 12.3 Å². The van der Waals surface area contributed by atoms with Crippen molar-refractivity contribution in [2.45, 2.75) is 18.9 Å². The highest BCUT2D eigenvalue weighted by Crippen LogP contribution is 2.18. The average Bonchev–Trinajstić information content (AvgIpc) is 2.22. The van der Waals surface area contributed by atoms with Gasteiger partial charge >= 0.3 is 0 Å². The molecular weight excluding hydrogens is 229 g/mol. The molecule has 0 spiro atoms. The summed E-state index contributed by atoms with van der Waals surface area (Å²) in [5.74, 6) is 1.68. The van der Waals surface area contributed by atoms with Gasteiger partial charge in [-0.2, -0.15) is 0 Å². The zero-order chi connectivity index (χ0) is 12.1. The Morgan fingerprint density at radius 2 is 2.31 bits per heavy atom. The Balaban J connectivity index is 2.74. The molecule has 16 heavy (non-hydrogen) atoms. The number of Topliss-reactive ketones (excluding diaryl/α,β-unsaturated/α-hetero) is 1. The second kappa shape index (κ2) is 5.64. The molecular formula is C12H11ClFNO. The van der Waals surface area contributed by atoms with Crippen molar-refractivity contribution in [3.05, 3.63) is 34.6 Å². The van der Waals surface area contributed by atoms with E-state index in [-0.39, 0.29) is 23.6 Å². The van der Waals surface area contributed by atoms with Gasteiger partial charge in [0.2, 0.25) is 0 Å². The summed E-state index contributed by atoms with van der Waals surface area (Å²) in [4.78, 5) is 11.6. The summed E-state index contributed by atoms with van der Waals surface area (Å²) in [5, 5.41) is 0.223. The fraction of sp³-hybridized carbons (Fsp3) is 0.250. The molecule has 1 aromatic rings. The third kappa shape index (κ3) is 3.34. The van der Waals surface area contributed by atoms with Crippen LogP contribution in [0.15, 0.2) is 18.2 Å². The number of hydrogen-bond donors (Lipinski definition) is 1. The smallest absolute Gasteiger partial charge is 0.154 e. The summed E-state index contributed by atoms with van der Waals surface area (Å²) in [6, 6.07) is 3.20. The van der Waals surface area contributed by atoms with E-state index in [1.807, 2.05) is 0 Å². The van der Waals surface area contributed by atoms with Crippen LogP contribution in [0.3, 0.4) is 0 Å². The zero-order valence-electron chi connectivity index (χ0n) is 8.54. The fourth-order valence-electron chi connectivity index (χ4n) is 1.22. The van der Waals surface area contributed by atoms with Crippen LogP contribution in [0, 0.1) is 18.2 Å².